The first-order valence-corrected chi connectivity index (χ1v) is 7.03. The Balaban J connectivity index is 1.88. The van der Waals surface area contributed by atoms with Gasteiger partial charge in [0.2, 0.25) is 0 Å². The number of fused-ring (bicyclic) bond motifs is 3. The average molecular weight is 265 g/mol. The zero-order valence-corrected chi connectivity index (χ0v) is 11.0. The first-order valence-electron chi connectivity index (χ1n) is 7.03. The van der Waals surface area contributed by atoms with Gasteiger partial charge in [0, 0.05) is 17.0 Å². The molecule has 1 saturated carbocycles. The van der Waals surface area contributed by atoms with Crippen molar-refractivity contribution >= 4 is 16.9 Å². The average Bonchev–Trinajstić information content (AvgIpc) is 3.08. The predicted octanol–water partition coefficient (Wildman–Crippen LogP) is 3.61. The molecule has 1 N–H and O–H groups in total. The van der Waals surface area contributed by atoms with Gasteiger partial charge >= 0.3 is 5.97 Å². The van der Waals surface area contributed by atoms with E-state index in [0.717, 1.165) is 23.0 Å². The number of pyridine rings is 1. The molecular formula is C17H15NO2. The Hall–Kier alpha value is -2.16. The van der Waals surface area contributed by atoms with Gasteiger partial charge in [-0.15, -0.1) is 0 Å². The number of hydrogen-bond acceptors (Lipinski definition) is 2. The largest absolute Gasteiger partial charge is 0.478 e. The molecule has 20 heavy (non-hydrogen) atoms. The summed E-state index contributed by atoms with van der Waals surface area (Å²) < 4.78 is 0. The molecule has 0 radical (unpaired) electrons. The Morgan fingerprint density at radius 3 is 2.75 bits per heavy atom. The van der Waals surface area contributed by atoms with Gasteiger partial charge in [-0.3, -0.25) is 4.98 Å². The zero-order chi connectivity index (χ0) is 13.7. The summed E-state index contributed by atoms with van der Waals surface area (Å²) in [6.45, 7) is 0. The molecule has 4 rings (SSSR count). The van der Waals surface area contributed by atoms with E-state index < -0.39 is 5.97 Å². The molecule has 2 aliphatic carbocycles. The second-order valence-electron chi connectivity index (χ2n) is 5.80. The van der Waals surface area contributed by atoms with E-state index in [1.807, 2.05) is 24.3 Å². The molecule has 0 aliphatic heterocycles. The van der Waals surface area contributed by atoms with E-state index in [4.69, 9.17) is 4.98 Å². The van der Waals surface area contributed by atoms with Gasteiger partial charge in [0.25, 0.3) is 0 Å². The van der Waals surface area contributed by atoms with Crippen LogP contribution in [-0.2, 0) is 0 Å². The molecule has 2 aromatic rings. The quantitative estimate of drug-likeness (QED) is 0.844. The zero-order valence-electron chi connectivity index (χ0n) is 11.0. The second kappa shape index (κ2) is 4.17. The summed E-state index contributed by atoms with van der Waals surface area (Å²) in [7, 11) is 0. The van der Waals surface area contributed by atoms with Crippen LogP contribution in [0.3, 0.4) is 0 Å². The van der Waals surface area contributed by atoms with E-state index in [1.165, 1.54) is 6.42 Å². The Bertz CT molecular complexity index is 735. The minimum absolute atomic E-state index is 0.373. The number of benzene rings is 1. The van der Waals surface area contributed by atoms with Gasteiger partial charge in [0.05, 0.1) is 11.1 Å². The highest BCUT2D eigenvalue weighted by Gasteiger charge is 2.37. The molecule has 1 aromatic carbocycles. The van der Waals surface area contributed by atoms with Crippen LogP contribution in [0.4, 0.5) is 0 Å². The highest BCUT2D eigenvalue weighted by atomic mass is 16.4. The number of aromatic carboxylic acids is 1. The van der Waals surface area contributed by atoms with Crippen molar-refractivity contribution in [2.75, 3.05) is 0 Å². The third-order valence-corrected chi connectivity index (χ3v) is 4.63. The molecule has 1 heterocycles. The molecule has 1 aromatic heterocycles. The maximum Gasteiger partial charge on any atom is 0.336 e. The highest BCUT2D eigenvalue weighted by Crippen LogP contribution is 2.48. The SMILES string of the molecule is O=C(O)c1cc([C@H]2C[C@H]3C=C[C@H]2C3)nc2ccccc12. The number of carbonyl (C=O) groups is 1. The number of para-hydroxylation sites is 1. The van der Waals surface area contributed by atoms with Crippen LogP contribution in [0.5, 0.6) is 0 Å². The summed E-state index contributed by atoms with van der Waals surface area (Å²) in [5.41, 5.74) is 2.10. The number of carboxylic acid groups (broad SMARTS) is 1. The van der Waals surface area contributed by atoms with Crippen molar-refractivity contribution in [3.8, 4) is 0 Å². The van der Waals surface area contributed by atoms with Crippen LogP contribution in [0.25, 0.3) is 10.9 Å². The molecule has 100 valence electrons. The molecule has 0 saturated heterocycles. The van der Waals surface area contributed by atoms with E-state index in [0.29, 0.717) is 23.3 Å². The van der Waals surface area contributed by atoms with Gasteiger partial charge < -0.3 is 5.11 Å². The first-order chi connectivity index (χ1) is 9.72. The lowest BCUT2D eigenvalue weighted by Crippen LogP contribution is -2.10. The minimum Gasteiger partial charge on any atom is -0.478 e. The number of carboxylic acids is 1. The minimum atomic E-state index is -0.872. The van der Waals surface area contributed by atoms with Crippen molar-refractivity contribution in [3.05, 3.63) is 53.7 Å². The smallest absolute Gasteiger partial charge is 0.336 e. The highest BCUT2D eigenvalue weighted by molar-refractivity contribution is 6.02. The lowest BCUT2D eigenvalue weighted by Gasteiger charge is -2.18. The van der Waals surface area contributed by atoms with Crippen LogP contribution in [-0.4, -0.2) is 16.1 Å². The summed E-state index contributed by atoms with van der Waals surface area (Å²) >= 11 is 0. The van der Waals surface area contributed by atoms with Crippen LogP contribution < -0.4 is 0 Å². The van der Waals surface area contributed by atoms with Gasteiger partial charge in [0.15, 0.2) is 0 Å². The monoisotopic (exact) mass is 265 g/mol. The molecule has 2 aliphatic rings. The number of hydrogen-bond donors (Lipinski definition) is 1. The topological polar surface area (TPSA) is 50.2 Å². The molecule has 0 unspecified atom stereocenters. The number of rotatable bonds is 2. The maximum atomic E-state index is 11.5. The fourth-order valence-electron chi connectivity index (χ4n) is 3.68. The Kier molecular flexibility index (Phi) is 2.43. The first kappa shape index (κ1) is 11.6. The molecule has 0 spiro atoms. The summed E-state index contributed by atoms with van der Waals surface area (Å²) in [5, 5.41) is 10.2. The van der Waals surface area contributed by atoms with Crippen LogP contribution in [0.2, 0.25) is 0 Å². The third-order valence-electron chi connectivity index (χ3n) is 4.63. The predicted molar refractivity (Wildman–Crippen MR) is 76.8 cm³/mol. The van der Waals surface area contributed by atoms with Crippen LogP contribution in [0.1, 0.15) is 34.8 Å². The van der Waals surface area contributed by atoms with E-state index in [9.17, 15) is 9.90 Å². The van der Waals surface area contributed by atoms with Gasteiger partial charge in [-0.2, -0.15) is 0 Å². The molecule has 1 fully saturated rings. The van der Waals surface area contributed by atoms with Gasteiger partial charge in [0.1, 0.15) is 0 Å². The standard InChI is InChI=1S/C17H15NO2/c19-17(20)14-9-16(13-8-10-5-6-11(13)7-10)18-15-4-2-1-3-12(14)15/h1-6,9-11,13H,7-8H2,(H,19,20)/t10-,11-,13-/m0/s1. The van der Waals surface area contributed by atoms with Crippen LogP contribution in [0.15, 0.2) is 42.5 Å². The fourth-order valence-corrected chi connectivity index (χ4v) is 3.68. The molecule has 2 bridgehead atoms. The summed E-state index contributed by atoms with van der Waals surface area (Å²) in [6, 6.07) is 9.27. The van der Waals surface area contributed by atoms with Crippen LogP contribution in [0, 0.1) is 11.8 Å². The normalized spacial score (nSPS) is 27.3. The summed E-state index contributed by atoms with van der Waals surface area (Å²) in [5.74, 6) is 0.707. The fraction of sp³-hybridized carbons (Fsp3) is 0.294. The number of aromatic nitrogens is 1. The molecule has 3 atom stereocenters. The van der Waals surface area contributed by atoms with Crippen molar-refractivity contribution in [2.24, 2.45) is 11.8 Å². The van der Waals surface area contributed by atoms with Gasteiger partial charge in [-0.25, -0.2) is 4.79 Å². The lowest BCUT2D eigenvalue weighted by molar-refractivity contribution is 0.0699. The van der Waals surface area contributed by atoms with Crippen LogP contribution >= 0.6 is 0 Å². The van der Waals surface area contributed by atoms with Crippen molar-refractivity contribution in [1.82, 2.24) is 4.98 Å². The van der Waals surface area contributed by atoms with Crippen molar-refractivity contribution in [3.63, 3.8) is 0 Å². The van der Waals surface area contributed by atoms with Gasteiger partial charge in [-0.05, 0) is 36.8 Å². The Morgan fingerprint density at radius 1 is 1.20 bits per heavy atom. The van der Waals surface area contributed by atoms with E-state index in [-0.39, 0.29) is 0 Å². The molecule has 3 heteroatoms. The van der Waals surface area contributed by atoms with E-state index in [2.05, 4.69) is 12.2 Å². The lowest BCUT2D eigenvalue weighted by atomic mass is 9.89. The van der Waals surface area contributed by atoms with Crippen molar-refractivity contribution in [2.45, 2.75) is 18.8 Å². The van der Waals surface area contributed by atoms with Gasteiger partial charge in [-0.1, -0.05) is 30.4 Å². The summed E-state index contributed by atoms with van der Waals surface area (Å²) in [6.07, 6.45) is 6.86. The van der Waals surface area contributed by atoms with E-state index in [1.54, 1.807) is 6.07 Å². The third kappa shape index (κ3) is 1.66. The number of allylic oxidation sites excluding steroid dienone is 2. The maximum absolute atomic E-state index is 11.5. The second-order valence-corrected chi connectivity index (χ2v) is 5.80. The molecule has 0 amide bonds. The Labute approximate surface area is 117 Å². The van der Waals surface area contributed by atoms with Crippen molar-refractivity contribution < 1.29 is 9.90 Å². The Morgan fingerprint density at radius 2 is 2.05 bits per heavy atom. The summed E-state index contributed by atoms with van der Waals surface area (Å²) in [4.78, 5) is 16.2. The van der Waals surface area contributed by atoms with E-state index >= 15 is 0 Å². The molecular weight excluding hydrogens is 250 g/mol. The van der Waals surface area contributed by atoms with Crippen molar-refractivity contribution in [1.29, 1.82) is 0 Å². The number of nitrogens with zero attached hydrogens (tertiary/aromatic N) is 1. The molecule has 3 nitrogen and oxygen atoms in total.